The number of nitrogens with one attached hydrogen (secondary N) is 1. The van der Waals surface area contributed by atoms with Crippen LogP contribution in [-0.4, -0.2) is 27.5 Å². The van der Waals surface area contributed by atoms with E-state index >= 15 is 0 Å². The number of carbonyl (C=O) groups is 1. The van der Waals surface area contributed by atoms with Gasteiger partial charge in [-0.25, -0.2) is 4.39 Å². The molecule has 1 heterocycles. The Labute approximate surface area is 164 Å². The van der Waals surface area contributed by atoms with E-state index < -0.39 is 42.3 Å². The van der Waals surface area contributed by atoms with Crippen molar-refractivity contribution in [1.29, 1.82) is 0 Å². The third-order valence-corrected chi connectivity index (χ3v) is 5.92. The molecule has 1 atom stereocenters. The number of aryl methyl sites for hydroxylation is 1. The van der Waals surface area contributed by atoms with Gasteiger partial charge in [0.15, 0.2) is 0 Å². The van der Waals surface area contributed by atoms with Crippen LogP contribution in [-0.2, 0) is 11.8 Å². The van der Waals surface area contributed by atoms with Crippen LogP contribution in [0.1, 0.15) is 43.6 Å². The Kier molecular flexibility index (Phi) is 4.66. The van der Waals surface area contributed by atoms with Gasteiger partial charge in [-0.3, -0.25) is 9.48 Å². The number of anilines is 1. The molecular weight excluding hydrogens is 393 g/mol. The number of halogens is 5. The van der Waals surface area contributed by atoms with Crippen molar-refractivity contribution in [3.05, 3.63) is 35.6 Å². The fraction of sp³-hybridized carbons (Fsp3) is 0.500. The quantitative estimate of drug-likeness (QED) is 0.693. The summed E-state index contributed by atoms with van der Waals surface area (Å²) in [5.41, 5.74) is 1.34. The van der Waals surface area contributed by atoms with Crippen LogP contribution in [0, 0.1) is 11.7 Å². The van der Waals surface area contributed by atoms with Crippen molar-refractivity contribution >= 4 is 11.7 Å². The van der Waals surface area contributed by atoms with Crippen molar-refractivity contribution in [1.82, 2.24) is 9.78 Å². The Morgan fingerprint density at radius 1 is 1.24 bits per heavy atom. The average Bonchev–Trinajstić information content (AvgIpc) is 2.90. The summed E-state index contributed by atoms with van der Waals surface area (Å²) < 4.78 is 68.8. The van der Waals surface area contributed by atoms with Crippen molar-refractivity contribution in [2.45, 2.75) is 49.9 Å². The number of rotatable bonds is 5. The van der Waals surface area contributed by atoms with E-state index in [0.29, 0.717) is 17.1 Å². The standard InChI is InChI=1S/C20H20F5N3O/c1-28-18(26-15(29)9-12-10-19(22,23)20(12,24)25)16(11-5-4-6-11)17(27-28)13-7-2-3-8-14(13)21/h2-3,7-8,11-12H,4-6,9-10H2,1H3,(H,26,29)/t12-/m1/s1. The first-order chi connectivity index (χ1) is 13.6. The summed E-state index contributed by atoms with van der Waals surface area (Å²) in [5.74, 6) is -10.8. The van der Waals surface area contributed by atoms with Crippen molar-refractivity contribution < 1.29 is 26.7 Å². The van der Waals surface area contributed by atoms with Gasteiger partial charge in [-0.05, 0) is 30.9 Å². The molecule has 0 unspecified atom stereocenters. The van der Waals surface area contributed by atoms with E-state index in [4.69, 9.17) is 0 Å². The molecule has 0 spiro atoms. The molecule has 1 amide bonds. The Bertz CT molecular complexity index is 952. The Morgan fingerprint density at radius 2 is 1.93 bits per heavy atom. The summed E-state index contributed by atoms with van der Waals surface area (Å²) in [6, 6.07) is 6.13. The van der Waals surface area contributed by atoms with Crippen molar-refractivity contribution in [3.63, 3.8) is 0 Å². The zero-order valence-electron chi connectivity index (χ0n) is 15.7. The summed E-state index contributed by atoms with van der Waals surface area (Å²) in [6.07, 6.45) is 0.917. The van der Waals surface area contributed by atoms with Crippen LogP contribution in [0.3, 0.4) is 0 Å². The SMILES string of the molecule is Cn1nc(-c2ccccc2F)c(C2CCC2)c1NC(=O)C[C@@H]1CC(F)(F)C1(F)F. The summed E-state index contributed by atoms with van der Waals surface area (Å²) in [7, 11) is 1.56. The molecule has 4 rings (SSSR count). The minimum Gasteiger partial charge on any atom is -0.311 e. The first-order valence-corrected chi connectivity index (χ1v) is 9.49. The Hall–Kier alpha value is -2.45. The van der Waals surface area contributed by atoms with Gasteiger partial charge in [0.05, 0.1) is 0 Å². The number of hydrogen-bond acceptors (Lipinski definition) is 2. The summed E-state index contributed by atoms with van der Waals surface area (Å²) in [6.45, 7) is 0. The lowest BCUT2D eigenvalue weighted by molar-refractivity contribution is -0.313. The second kappa shape index (κ2) is 6.81. The highest BCUT2D eigenvalue weighted by Crippen LogP contribution is 2.56. The van der Waals surface area contributed by atoms with Crippen LogP contribution < -0.4 is 5.32 Å². The van der Waals surface area contributed by atoms with Gasteiger partial charge in [-0.2, -0.15) is 22.7 Å². The van der Waals surface area contributed by atoms with Crippen LogP contribution in [0.2, 0.25) is 0 Å². The highest BCUT2D eigenvalue weighted by Gasteiger charge is 2.71. The van der Waals surface area contributed by atoms with Crippen LogP contribution >= 0.6 is 0 Å². The van der Waals surface area contributed by atoms with Crippen molar-refractivity contribution in [2.24, 2.45) is 13.0 Å². The normalized spacial score (nSPS) is 22.6. The lowest BCUT2D eigenvalue weighted by atomic mass is 9.74. The molecular formula is C20H20F5N3O. The maximum atomic E-state index is 14.3. The molecule has 0 aliphatic heterocycles. The zero-order chi connectivity index (χ0) is 21.0. The van der Waals surface area contributed by atoms with Gasteiger partial charge in [0.25, 0.3) is 0 Å². The molecule has 1 N–H and O–H groups in total. The monoisotopic (exact) mass is 413 g/mol. The Balaban J connectivity index is 1.61. The highest BCUT2D eigenvalue weighted by atomic mass is 19.3. The number of alkyl halides is 4. The summed E-state index contributed by atoms with van der Waals surface area (Å²) in [5, 5.41) is 6.92. The van der Waals surface area contributed by atoms with E-state index in [-0.39, 0.29) is 11.5 Å². The van der Waals surface area contributed by atoms with Crippen LogP contribution in [0.5, 0.6) is 0 Å². The summed E-state index contributed by atoms with van der Waals surface area (Å²) >= 11 is 0. The fourth-order valence-electron chi connectivity index (χ4n) is 3.97. The predicted octanol–water partition coefficient (Wildman–Crippen LogP) is 5.11. The predicted molar refractivity (Wildman–Crippen MR) is 96.4 cm³/mol. The van der Waals surface area contributed by atoms with Crippen molar-refractivity contribution in [3.8, 4) is 11.3 Å². The molecule has 1 aromatic carbocycles. The molecule has 0 saturated heterocycles. The van der Waals surface area contributed by atoms with E-state index in [0.717, 1.165) is 19.3 Å². The molecule has 29 heavy (non-hydrogen) atoms. The number of benzene rings is 1. The first kappa shape index (κ1) is 19.8. The smallest absolute Gasteiger partial charge is 0.311 e. The summed E-state index contributed by atoms with van der Waals surface area (Å²) in [4.78, 5) is 12.4. The van der Waals surface area contributed by atoms with E-state index in [1.54, 1.807) is 25.2 Å². The minimum absolute atomic E-state index is 0.0584. The molecule has 2 aromatic rings. The molecule has 1 aromatic heterocycles. The zero-order valence-corrected chi connectivity index (χ0v) is 15.7. The second-order valence-corrected chi connectivity index (χ2v) is 7.82. The molecule has 9 heteroatoms. The molecule has 2 aliphatic rings. The second-order valence-electron chi connectivity index (χ2n) is 7.82. The van der Waals surface area contributed by atoms with Crippen LogP contribution in [0.4, 0.5) is 27.8 Å². The van der Waals surface area contributed by atoms with E-state index in [2.05, 4.69) is 10.4 Å². The lowest BCUT2D eigenvalue weighted by Gasteiger charge is -2.43. The maximum absolute atomic E-state index is 14.3. The third kappa shape index (κ3) is 3.20. The molecule has 0 radical (unpaired) electrons. The van der Waals surface area contributed by atoms with Gasteiger partial charge in [0, 0.05) is 36.9 Å². The number of amides is 1. The molecule has 156 valence electrons. The fourth-order valence-corrected chi connectivity index (χ4v) is 3.97. The average molecular weight is 413 g/mol. The van der Waals surface area contributed by atoms with Crippen molar-refractivity contribution in [2.75, 3.05) is 5.32 Å². The minimum atomic E-state index is -4.19. The highest BCUT2D eigenvalue weighted by molar-refractivity contribution is 5.92. The maximum Gasteiger partial charge on any atom is 0.313 e. The van der Waals surface area contributed by atoms with Gasteiger partial charge in [0.2, 0.25) is 5.91 Å². The van der Waals surface area contributed by atoms with Crippen LogP contribution in [0.15, 0.2) is 24.3 Å². The molecule has 2 aliphatic carbocycles. The molecule has 4 nitrogen and oxygen atoms in total. The van der Waals surface area contributed by atoms with Gasteiger partial charge in [-0.1, -0.05) is 18.6 Å². The van der Waals surface area contributed by atoms with E-state index in [1.807, 2.05) is 0 Å². The van der Waals surface area contributed by atoms with Gasteiger partial charge in [-0.15, -0.1) is 0 Å². The topological polar surface area (TPSA) is 46.9 Å². The van der Waals surface area contributed by atoms with E-state index in [9.17, 15) is 26.7 Å². The molecule has 0 bridgehead atoms. The van der Waals surface area contributed by atoms with Gasteiger partial charge < -0.3 is 5.32 Å². The van der Waals surface area contributed by atoms with Crippen LogP contribution in [0.25, 0.3) is 11.3 Å². The number of nitrogens with zero attached hydrogens (tertiary/aromatic N) is 2. The lowest BCUT2D eigenvalue weighted by Crippen LogP contribution is -2.59. The number of aromatic nitrogens is 2. The first-order valence-electron chi connectivity index (χ1n) is 9.49. The molecule has 2 fully saturated rings. The number of carbonyl (C=O) groups excluding carboxylic acids is 1. The van der Waals surface area contributed by atoms with Gasteiger partial charge >= 0.3 is 11.8 Å². The largest absolute Gasteiger partial charge is 0.313 e. The Morgan fingerprint density at radius 3 is 2.48 bits per heavy atom. The van der Waals surface area contributed by atoms with E-state index in [1.165, 1.54) is 10.7 Å². The number of hydrogen-bond donors (Lipinski definition) is 1. The third-order valence-electron chi connectivity index (χ3n) is 5.92. The van der Waals surface area contributed by atoms with Gasteiger partial charge in [0.1, 0.15) is 17.3 Å². The molecule has 2 saturated carbocycles.